The van der Waals surface area contributed by atoms with Gasteiger partial charge in [-0.2, -0.15) is 0 Å². The van der Waals surface area contributed by atoms with E-state index in [1.807, 2.05) is 0 Å². The molecule has 3 N–H and O–H groups in total. The summed E-state index contributed by atoms with van der Waals surface area (Å²) in [6.45, 7) is 0. The molecule has 1 aromatic rings. The van der Waals surface area contributed by atoms with E-state index in [2.05, 4.69) is 15.6 Å². The molecule has 0 aromatic carbocycles. The van der Waals surface area contributed by atoms with Crippen LogP contribution in [0.4, 0.5) is 5.69 Å². The molecule has 60 valence electrons. The van der Waals surface area contributed by atoms with Crippen molar-refractivity contribution in [2.45, 2.75) is 0 Å². The van der Waals surface area contributed by atoms with Crippen LogP contribution in [-0.2, 0) is 4.79 Å². The first-order chi connectivity index (χ1) is 5.81. The average Bonchev–Trinajstić information content (AvgIpc) is 2.52. The Morgan fingerprint density at radius 1 is 1.33 bits per heavy atom. The van der Waals surface area contributed by atoms with E-state index in [1.54, 1.807) is 18.2 Å². The van der Waals surface area contributed by atoms with E-state index in [9.17, 15) is 9.59 Å². The van der Waals surface area contributed by atoms with E-state index in [0.717, 1.165) is 0 Å². The monoisotopic (exact) mass is 163 g/mol. The topological polar surface area (TPSA) is 74.0 Å². The van der Waals surface area contributed by atoms with Crippen molar-refractivity contribution < 1.29 is 9.59 Å². The lowest BCUT2D eigenvalue weighted by Crippen LogP contribution is -2.32. The Morgan fingerprint density at radius 2 is 2.17 bits per heavy atom. The average molecular weight is 163 g/mol. The normalized spacial score (nSPS) is 14.3. The highest BCUT2D eigenvalue weighted by atomic mass is 16.2. The summed E-state index contributed by atoms with van der Waals surface area (Å²) in [6, 6.07) is 1.67. The largest absolute Gasteiger partial charge is 0.355 e. The summed E-state index contributed by atoms with van der Waals surface area (Å²) in [5, 5.41) is 5.01. The number of hydrogen-bond donors (Lipinski definition) is 3. The van der Waals surface area contributed by atoms with Crippen molar-refractivity contribution in [2.75, 3.05) is 5.32 Å². The molecule has 0 spiro atoms. The van der Waals surface area contributed by atoms with Crippen LogP contribution in [0.1, 0.15) is 10.5 Å². The van der Waals surface area contributed by atoms with Crippen molar-refractivity contribution in [1.82, 2.24) is 10.3 Å². The number of anilines is 1. The standard InChI is InChI=1S/C7H5N3O2/c11-3-5-9-4-1-2-8-6(4)7(12)10-5/h1-2,8-9H,(H,10,12). The maximum Gasteiger partial charge on any atom is 0.275 e. The Bertz CT molecular complexity index is 387. The SMILES string of the molecule is O=C=C1NC(=O)c2[nH]ccc2N1. The Hall–Kier alpha value is -2.00. The van der Waals surface area contributed by atoms with Crippen molar-refractivity contribution in [3.8, 4) is 0 Å². The summed E-state index contributed by atoms with van der Waals surface area (Å²) in [7, 11) is 0. The molecule has 2 rings (SSSR count). The van der Waals surface area contributed by atoms with Crippen molar-refractivity contribution in [3.63, 3.8) is 0 Å². The van der Waals surface area contributed by atoms with Crippen LogP contribution in [-0.4, -0.2) is 16.8 Å². The van der Waals surface area contributed by atoms with Gasteiger partial charge in [-0.25, -0.2) is 4.79 Å². The molecular formula is C7H5N3O2. The van der Waals surface area contributed by atoms with Gasteiger partial charge < -0.3 is 10.3 Å². The second kappa shape index (κ2) is 2.25. The highest BCUT2D eigenvalue weighted by Crippen LogP contribution is 2.17. The minimum Gasteiger partial charge on any atom is -0.355 e. The van der Waals surface area contributed by atoms with Crippen LogP contribution in [0.15, 0.2) is 18.1 Å². The molecule has 0 bridgehead atoms. The summed E-state index contributed by atoms with van der Waals surface area (Å²) < 4.78 is 0. The molecule has 0 atom stereocenters. The number of aromatic amines is 1. The van der Waals surface area contributed by atoms with Crippen molar-refractivity contribution in [3.05, 3.63) is 23.8 Å². The van der Waals surface area contributed by atoms with Crippen LogP contribution in [0, 0.1) is 0 Å². The maximum atomic E-state index is 11.1. The first kappa shape index (κ1) is 6.69. The van der Waals surface area contributed by atoms with Crippen molar-refractivity contribution in [2.24, 2.45) is 0 Å². The van der Waals surface area contributed by atoms with Crippen LogP contribution >= 0.6 is 0 Å². The van der Waals surface area contributed by atoms with Gasteiger partial charge in [-0.05, 0) is 6.07 Å². The number of aromatic nitrogens is 1. The van der Waals surface area contributed by atoms with Gasteiger partial charge in [-0.1, -0.05) is 0 Å². The number of carbonyl (C=O) groups is 1. The predicted octanol–water partition coefficient (Wildman–Crippen LogP) is -0.157. The van der Waals surface area contributed by atoms with Crippen LogP contribution in [0.5, 0.6) is 0 Å². The Kier molecular flexibility index (Phi) is 1.26. The molecule has 2 heterocycles. The number of H-pyrrole nitrogens is 1. The quantitative estimate of drug-likeness (QED) is 0.465. The Morgan fingerprint density at radius 3 is 2.92 bits per heavy atom. The molecule has 12 heavy (non-hydrogen) atoms. The van der Waals surface area contributed by atoms with Gasteiger partial charge in [-0.15, -0.1) is 0 Å². The van der Waals surface area contributed by atoms with Gasteiger partial charge in [-0.3, -0.25) is 10.1 Å². The molecule has 0 saturated carbocycles. The first-order valence-electron chi connectivity index (χ1n) is 3.32. The third-order valence-corrected chi connectivity index (χ3v) is 1.57. The first-order valence-corrected chi connectivity index (χ1v) is 3.32. The third kappa shape index (κ3) is 0.810. The van der Waals surface area contributed by atoms with Gasteiger partial charge >= 0.3 is 0 Å². The third-order valence-electron chi connectivity index (χ3n) is 1.57. The molecule has 1 aliphatic heterocycles. The lowest BCUT2D eigenvalue weighted by molar-refractivity contribution is 0.0960. The highest BCUT2D eigenvalue weighted by molar-refractivity contribution is 6.02. The van der Waals surface area contributed by atoms with Crippen LogP contribution in [0.2, 0.25) is 0 Å². The van der Waals surface area contributed by atoms with Gasteiger partial charge in [0.1, 0.15) is 5.69 Å². The minimum absolute atomic E-state index is 0.0482. The number of fused-ring (bicyclic) bond motifs is 1. The number of rotatable bonds is 0. The molecule has 0 fully saturated rings. The van der Waals surface area contributed by atoms with Gasteiger partial charge in [0, 0.05) is 6.20 Å². The summed E-state index contributed by atoms with van der Waals surface area (Å²) in [6.07, 6.45) is 1.62. The van der Waals surface area contributed by atoms with Crippen LogP contribution in [0.3, 0.4) is 0 Å². The number of hydrogen-bond acceptors (Lipinski definition) is 3. The number of carbonyl (C=O) groups excluding carboxylic acids is 2. The molecule has 1 aliphatic rings. The molecule has 5 heteroatoms. The fraction of sp³-hybridized carbons (Fsp3) is 0. The van der Waals surface area contributed by atoms with E-state index < -0.39 is 0 Å². The number of amides is 1. The zero-order valence-electron chi connectivity index (χ0n) is 5.97. The van der Waals surface area contributed by atoms with Gasteiger partial charge in [0.25, 0.3) is 5.91 Å². The summed E-state index contributed by atoms with van der Waals surface area (Å²) in [5.41, 5.74) is 1.02. The molecule has 1 amide bonds. The molecule has 0 radical (unpaired) electrons. The van der Waals surface area contributed by atoms with E-state index in [1.165, 1.54) is 0 Å². The van der Waals surface area contributed by atoms with Crippen LogP contribution in [0.25, 0.3) is 0 Å². The molecular weight excluding hydrogens is 158 g/mol. The van der Waals surface area contributed by atoms with Gasteiger partial charge in [0.05, 0.1) is 5.69 Å². The number of nitrogens with one attached hydrogen (secondary N) is 3. The van der Waals surface area contributed by atoms with Crippen molar-refractivity contribution >= 4 is 17.5 Å². The van der Waals surface area contributed by atoms with E-state index in [0.29, 0.717) is 11.4 Å². The fourth-order valence-electron chi connectivity index (χ4n) is 1.05. The molecule has 0 unspecified atom stereocenters. The van der Waals surface area contributed by atoms with E-state index in [4.69, 9.17) is 0 Å². The lowest BCUT2D eigenvalue weighted by Gasteiger charge is -2.14. The van der Waals surface area contributed by atoms with E-state index >= 15 is 0 Å². The Labute approximate surface area is 67.5 Å². The molecule has 5 nitrogen and oxygen atoms in total. The smallest absolute Gasteiger partial charge is 0.275 e. The Balaban J connectivity index is 2.51. The van der Waals surface area contributed by atoms with Crippen LogP contribution < -0.4 is 10.6 Å². The molecule has 0 aliphatic carbocycles. The summed E-state index contributed by atoms with van der Waals surface area (Å²) in [5.74, 6) is 1.30. The molecule has 1 aromatic heterocycles. The van der Waals surface area contributed by atoms with Crippen molar-refractivity contribution in [1.29, 1.82) is 0 Å². The second-order valence-electron chi connectivity index (χ2n) is 2.32. The fourth-order valence-corrected chi connectivity index (χ4v) is 1.05. The maximum absolute atomic E-state index is 11.1. The minimum atomic E-state index is -0.327. The lowest BCUT2D eigenvalue weighted by atomic mass is 10.3. The summed E-state index contributed by atoms with van der Waals surface area (Å²) in [4.78, 5) is 24.1. The second-order valence-corrected chi connectivity index (χ2v) is 2.32. The predicted molar refractivity (Wildman–Crippen MR) is 41.1 cm³/mol. The van der Waals surface area contributed by atoms with E-state index in [-0.39, 0.29) is 11.7 Å². The van der Waals surface area contributed by atoms with Gasteiger partial charge in [0.2, 0.25) is 0 Å². The zero-order valence-corrected chi connectivity index (χ0v) is 5.97. The highest BCUT2D eigenvalue weighted by Gasteiger charge is 2.20. The summed E-state index contributed by atoms with van der Waals surface area (Å²) >= 11 is 0. The molecule has 0 saturated heterocycles. The van der Waals surface area contributed by atoms with Gasteiger partial charge in [0.15, 0.2) is 11.8 Å². The zero-order chi connectivity index (χ0) is 8.55.